The maximum atomic E-state index is 13.8. The molecule has 430 valence electrons. The highest BCUT2D eigenvalue weighted by Gasteiger charge is 2.23. The maximum Gasteiger partial charge on any atom is 0.399 e. The topological polar surface area (TPSA) is 169 Å². The number of hydrogen-bond donors (Lipinski definition) is 4. The molecular weight excluding hydrogens is 1120 g/mol. The Kier molecular flexibility index (Phi) is 21.0. The first-order valence-electron chi connectivity index (χ1n) is 27.7. The molecule has 3 fully saturated rings. The van der Waals surface area contributed by atoms with Crippen LogP contribution in [0.1, 0.15) is 181 Å². The lowest BCUT2D eigenvalue weighted by Crippen LogP contribution is -2.27. The molecule has 0 unspecified atom stereocenters. The summed E-state index contributed by atoms with van der Waals surface area (Å²) in [6.07, 6.45) is 17.3. The zero-order valence-corrected chi connectivity index (χ0v) is 47.8. The molecule has 82 heavy (non-hydrogen) atoms. The molecule has 17 heteroatoms. The number of carbonyl (C=O) groups is 2. The largest absolute Gasteiger partial charge is 0.508 e. The highest BCUT2D eigenvalue weighted by molar-refractivity contribution is 9.10. The lowest BCUT2D eigenvalue weighted by atomic mass is 9.98. The Morgan fingerprint density at radius 1 is 0.524 bits per heavy atom. The molecule has 8 aromatic rings. The molecule has 0 aliphatic heterocycles. The molecule has 2 heterocycles. The van der Waals surface area contributed by atoms with E-state index in [1.165, 1.54) is 144 Å². The fourth-order valence-electron chi connectivity index (χ4n) is 10.3. The number of amides is 2. The Balaban J connectivity index is 0.000000161. The molecule has 6 aromatic carbocycles. The Bertz CT molecular complexity index is 3190. The summed E-state index contributed by atoms with van der Waals surface area (Å²) in [6, 6.07) is 33.8. The molecule has 0 bridgehead atoms. The van der Waals surface area contributed by atoms with Crippen molar-refractivity contribution in [2.24, 2.45) is 0 Å². The van der Waals surface area contributed by atoms with Crippen molar-refractivity contribution in [2.75, 3.05) is 0 Å². The van der Waals surface area contributed by atoms with Gasteiger partial charge in [-0.25, -0.2) is 17.6 Å². The van der Waals surface area contributed by atoms with Crippen LogP contribution in [-0.2, 0) is 0 Å². The minimum Gasteiger partial charge on any atom is -0.508 e. The first-order chi connectivity index (χ1) is 39.5. The Labute approximate surface area is 483 Å². The van der Waals surface area contributed by atoms with E-state index in [1.54, 1.807) is 38.1 Å². The number of benzene rings is 6. The van der Waals surface area contributed by atoms with Gasteiger partial charge in [0.15, 0.2) is 11.4 Å². The lowest BCUT2D eigenvalue weighted by Gasteiger charge is -2.14. The summed E-state index contributed by atoms with van der Waals surface area (Å²) < 4.78 is 78.0. The van der Waals surface area contributed by atoms with Crippen molar-refractivity contribution in [3.63, 3.8) is 0 Å². The van der Waals surface area contributed by atoms with E-state index in [0.717, 1.165) is 4.47 Å². The third-order valence-corrected chi connectivity index (χ3v) is 15.5. The van der Waals surface area contributed by atoms with Crippen LogP contribution in [0.5, 0.6) is 35.2 Å². The number of aromatic hydroxyl groups is 2. The number of oxazole rings is 2. The van der Waals surface area contributed by atoms with E-state index in [9.17, 15) is 32.3 Å². The lowest BCUT2D eigenvalue weighted by molar-refractivity contribution is 0.0926. The fourth-order valence-corrected chi connectivity index (χ4v) is 10.6. The average molecular weight is 1190 g/mol. The van der Waals surface area contributed by atoms with E-state index < -0.39 is 47.2 Å². The summed E-state index contributed by atoms with van der Waals surface area (Å²) >= 11 is 3.20. The minimum absolute atomic E-state index is 0.0156. The number of hydrogen-bond acceptors (Lipinski definition) is 10. The number of rotatable bonds is 13. The van der Waals surface area contributed by atoms with Gasteiger partial charge in [0.05, 0.1) is 12.1 Å². The molecule has 0 radical (unpaired) electrons. The molecule has 2 amide bonds. The average Bonchev–Trinajstić information content (AvgIpc) is 4.36. The Morgan fingerprint density at radius 2 is 0.866 bits per heavy atom. The second kappa shape index (κ2) is 28.7. The van der Waals surface area contributed by atoms with E-state index in [0.29, 0.717) is 51.9 Å². The highest BCUT2D eigenvalue weighted by atomic mass is 79.9. The number of phenols is 2. The van der Waals surface area contributed by atoms with Crippen molar-refractivity contribution in [1.82, 2.24) is 20.6 Å². The van der Waals surface area contributed by atoms with Crippen LogP contribution < -0.4 is 20.1 Å². The second-order valence-electron chi connectivity index (χ2n) is 21.0. The van der Waals surface area contributed by atoms with Gasteiger partial charge in [-0.1, -0.05) is 96.9 Å². The van der Waals surface area contributed by atoms with Crippen molar-refractivity contribution in [3.8, 4) is 35.2 Å². The molecule has 0 spiro atoms. The van der Waals surface area contributed by atoms with Crippen LogP contribution in [0, 0.1) is 37.1 Å². The van der Waals surface area contributed by atoms with Gasteiger partial charge < -0.3 is 39.2 Å². The number of nitrogens with zero attached hydrogens (tertiary/aromatic N) is 2. The molecule has 0 saturated heterocycles. The van der Waals surface area contributed by atoms with Crippen molar-refractivity contribution in [3.05, 3.63) is 212 Å². The van der Waals surface area contributed by atoms with E-state index in [4.69, 9.17) is 23.4 Å². The van der Waals surface area contributed by atoms with Crippen molar-refractivity contribution in [2.45, 2.75) is 135 Å². The zero-order chi connectivity index (χ0) is 58.3. The molecule has 2 atom stereocenters. The summed E-state index contributed by atoms with van der Waals surface area (Å²) in [6.45, 7) is 5.98. The molecule has 2 aromatic heterocycles. The molecule has 3 aliphatic rings. The number of halogens is 5. The SMILES string of the molecule is Cc1c(F)cc([C@@H](C)NC(=O)c2coc(Oc3cccc(C4CCCC4)c3)n2)cc1F.Cc1c(F)cc([C@@H](C)NC(=O)c2coc(Oc3cccc(C4CCCC4)c3)n2)cc1F.Oc1cccc(Br)c1.Oc1cccc(C2CCCC2)c1. The van der Waals surface area contributed by atoms with Crippen LogP contribution in [-0.4, -0.2) is 32.0 Å². The molecule has 3 aliphatic carbocycles. The monoisotopic (exact) mass is 1190 g/mol. The summed E-state index contributed by atoms with van der Waals surface area (Å²) in [4.78, 5) is 33.1. The van der Waals surface area contributed by atoms with Crippen molar-refractivity contribution < 1.29 is 55.7 Å². The van der Waals surface area contributed by atoms with Crippen LogP contribution in [0.25, 0.3) is 0 Å². The zero-order valence-electron chi connectivity index (χ0n) is 46.2. The fraction of sp³-hybridized carbons (Fsp3) is 0.323. The van der Waals surface area contributed by atoms with E-state index in [2.05, 4.69) is 54.7 Å². The van der Waals surface area contributed by atoms with E-state index in [-0.39, 0.29) is 34.7 Å². The number of ether oxygens (including phenoxy) is 2. The minimum atomic E-state index is -0.659. The first-order valence-corrected chi connectivity index (χ1v) is 28.5. The van der Waals surface area contributed by atoms with Gasteiger partial charge in [0, 0.05) is 15.6 Å². The quantitative estimate of drug-likeness (QED) is 0.0815. The number of nitrogens with one attached hydrogen (secondary N) is 2. The third kappa shape index (κ3) is 16.8. The smallest absolute Gasteiger partial charge is 0.399 e. The van der Waals surface area contributed by atoms with Crippen LogP contribution in [0.2, 0.25) is 0 Å². The number of phenolic OH excluding ortho intramolecular Hbond substituents is 2. The second-order valence-corrected chi connectivity index (χ2v) is 21.9. The Hall–Kier alpha value is -7.92. The molecule has 3 saturated carbocycles. The molecule has 11 rings (SSSR count). The first kappa shape index (κ1) is 60.2. The van der Waals surface area contributed by atoms with Gasteiger partial charge in [0.25, 0.3) is 11.8 Å². The van der Waals surface area contributed by atoms with Gasteiger partial charge in [-0.3, -0.25) is 9.59 Å². The van der Waals surface area contributed by atoms with E-state index >= 15 is 0 Å². The maximum absolute atomic E-state index is 13.8. The normalized spacial score (nSPS) is 15.0. The van der Waals surface area contributed by atoms with Gasteiger partial charge in [0.2, 0.25) is 0 Å². The molecule has 4 N–H and O–H groups in total. The van der Waals surface area contributed by atoms with Gasteiger partial charge >= 0.3 is 12.2 Å². The standard InChI is InChI=1S/2C24H24F2N2O3.C11H14O.C6H5BrO/c2*1-14-20(25)11-18(12-21(14)26)15(2)27-23(29)22-13-30-24(28-22)31-19-9-5-8-17(10-19)16-6-3-4-7-16;12-11-7-3-6-10(8-11)9-4-1-2-5-9;7-5-2-1-3-6(8)4-5/h2*5,8-13,15-16H,3-4,6-7H2,1-2H3,(H,27,29);3,6-9,12H,1-2,4-5H2;1-4,8H/t2*15-;;/m11../s1. The predicted molar refractivity (Wildman–Crippen MR) is 308 cm³/mol. The third-order valence-electron chi connectivity index (χ3n) is 15.0. The number of carbonyl (C=O) groups excluding carboxylic acids is 2. The summed E-state index contributed by atoms with van der Waals surface area (Å²) in [5.41, 5.74) is 4.32. The van der Waals surface area contributed by atoms with Crippen LogP contribution >= 0.6 is 15.9 Å². The van der Waals surface area contributed by atoms with Crippen LogP contribution in [0.4, 0.5) is 17.6 Å². The van der Waals surface area contributed by atoms with Crippen molar-refractivity contribution >= 4 is 27.7 Å². The van der Waals surface area contributed by atoms with Crippen LogP contribution in [0.15, 0.2) is 147 Å². The number of aromatic nitrogens is 2. The summed E-state index contributed by atoms with van der Waals surface area (Å²) in [5, 5.41) is 23.4. The summed E-state index contributed by atoms with van der Waals surface area (Å²) in [5.74, 6) is -0.0216. The van der Waals surface area contributed by atoms with Gasteiger partial charge in [0.1, 0.15) is 58.8 Å². The van der Waals surface area contributed by atoms with E-state index in [1.807, 2.05) is 54.6 Å². The Morgan fingerprint density at radius 3 is 1.21 bits per heavy atom. The molecular formula is C65H67BrF4N4O8. The van der Waals surface area contributed by atoms with Gasteiger partial charge in [-0.2, -0.15) is 9.97 Å². The van der Waals surface area contributed by atoms with Crippen molar-refractivity contribution in [1.29, 1.82) is 0 Å². The van der Waals surface area contributed by atoms with Crippen LogP contribution in [0.3, 0.4) is 0 Å². The van der Waals surface area contributed by atoms with Gasteiger partial charge in [-0.15, -0.1) is 0 Å². The highest BCUT2D eigenvalue weighted by Crippen LogP contribution is 2.38. The predicted octanol–water partition coefficient (Wildman–Crippen LogP) is 17.6. The molecule has 12 nitrogen and oxygen atoms in total. The van der Waals surface area contributed by atoms with Gasteiger partial charge in [-0.05, 0) is 191 Å². The summed E-state index contributed by atoms with van der Waals surface area (Å²) in [7, 11) is 0.